The lowest BCUT2D eigenvalue weighted by atomic mass is 10.1. The summed E-state index contributed by atoms with van der Waals surface area (Å²) in [5.74, 6) is -0.827. The van der Waals surface area contributed by atoms with Crippen molar-refractivity contribution < 1.29 is 18.7 Å². The van der Waals surface area contributed by atoms with Gasteiger partial charge in [-0.15, -0.1) is 0 Å². The zero-order valence-electron chi connectivity index (χ0n) is 11.4. The van der Waals surface area contributed by atoms with E-state index in [-0.39, 0.29) is 0 Å². The molecule has 2 aromatic carbocycles. The van der Waals surface area contributed by atoms with Crippen molar-refractivity contribution in [2.24, 2.45) is 0 Å². The van der Waals surface area contributed by atoms with Crippen molar-refractivity contribution in [1.29, 1.82) is 0 Å². The second kappa shape index (κ2) is 6.76. The summed E-state index contributed by atoms with van der Waals surface area (Å²) in [5.41, 5.74) is 0.787. The first kappa shape index (κ1) is 14.9. The Bertz CT molecular complexity index is 613. The van der Waals surface area contributed by atoms with Gasteiger partial charge >= 0.3 is 0 Å². The van der Waals surface area contributed by atoms with E-state index in [1.165, 1.54) is 36.3 Å². The van der Waals surface area contributed by atoms with E-state index in [1.54, 1.807) is 30.3 Å². The van der Waals surface area contributed by atoms with Crippen LogP contribution < -0.4 is 4.90 Å². The standard InChI is InChI=1S/C16H14FNO3/c1-21-15(11-19)18(14-9-7-13(17)8-10-14)16(20)12-5-3-2-4-6-12/h2-11,15H,1H3/t15-/m0/s1. The van der Waals surface area contributed by atoms with Gasteiger partial charge < -0.3 is 4.74 Å². The first-order valence-electron chi connectivity index (χ1n) is 6.29. The van der Waals surface area contributed by atoms with Crippen molar-refractivity contribution in [2.45, 2.75) is 6.23 Å². The molecule has 0 fully saturated rings. The molecule has 0 N–H and O–H groups in total. The minimum absolute atomic E-state index is 0.379. The lowest BCUT2D eigenvalue weighted by Gasteiger charge is -2.27. The van der Waals surface area contributed by atoms with Crippen LogP contribution in [0.4, 0.5) is 10.1 Å². The van der Waals surface area contributed by atoms with Gasteiger partial charge in [0.1, 0.15) is 5.82 Å². The molecule has 0 spiro atoms. The summed E-state index contributed by atoms with van der Waals surface area (Å²) in [6.45, 7) is 0. The summed E-state index contributed by atoms with van der Waals surface area (Å²) < 4.78 is 18.1. The van der Waals surface area contributed by atoms with Gasteiger partial charge in [-0.3, -0.25) is 14.5 Å². The van der Waals surface area contributed by atoms with Crippen molar-refractivity contribution in [2.75, 3.05) is 12.0 Å². The number of aldehydes is 1. The molecule has 1 atom stereocenters. The molecule has 0 radical (unpaired) electrons. The summed E-state index contributed by atoms with van der Waals surface area (Å²) >= 11 is 0. The van der Waals surface area contributed by atoms with Crippen molar-refractivity contribution in [1.82, 2.24) is 0 Å². The maximum Gasteiger partial charge on any atom is 0.260 e. The number of rotatable bonds is 5. The number of hydrogen-bond donors (Lipinski definition) is 0. The molecule has 108 valence electrons. The minimum atomic E-state index is -1.08. The van der Waals surface area contributed by atoms with Crippen molar-refractivity contribution in [3.05, 3.63) is 66.0 Å². The molecule has 2 rings (SSSR count). The van der Waals surface area contributed by atoms with Gasteiger partial charge in [0.25, 0.3) is 5.91 Å². The van der Waals surface area contributed by atoms with E-state index in [4.69, 9.17) is 4.74 Å². The molecule has 21 heavy (non-hydrogen) atoms. The Labute approximate surface area is 121 Å². The second-order valence-corrected chi connectivity index (χ2v) is 4.28. The molecule has 0 bridgehead atoms. The van der Waals surface area contributed by atoms with Crippen LogP contribution in [0, 0.1) is 5.82 Å². The molecule has 0 aliphatic rings. The smallest absolute Gasteiger partial charge is 0.260 e. The summed E-state index contributed by atoms with van der Waals surface area (Å²) in [5, 5.41) is 0. The fourth-order valence-electron chi connectivity index (χ4n) is 1.92. The predicted octanol–water partition coefficient (Wildman–Crippen LogP) is 2.64. The van der Waals surface area contributed by atoms with Crippen molar-refractivity contribution >= 4 is 17.9 Å². The molecular formula is C16H14FNO3. The number of amides is 1. The van der Waals surface area contributed by atoms with Gasteiger partial charge in [-0.05, 0) is 36.4 Å². The number of ether oxygens (including phenoxy) is 1. The lowest BCUT2D eigenvalue weighted by Crippen LogP contribution is -2.42. The van der Waals surface area contributed by atoms with E-state index in [2.05, 4.69) is 0 Å². The Morgan fingerprint density at radius 3 is 2.29 bits per heavy atom. The van der Waals surface area contributed by atoms with Crippen LogP contribution in [0.25, 0.3) is 0 Å². The summed E-state index contributed by atoms with van der Waals surface area (Å²) in [7, 11) is 1.33. The lowest BCUT2D eigenvalue weighted by molar-refractivity contribution is -0.116. The van der Waals surface area contributed by atoms with Crippen LogP contribution in [0.15, 0.2) is 54.6 Å². The molecule has 0 aromatic heterocycles. The van der Waals surface area contributed by atoms with E-state index in [9.17, 15) is 14.0 Å². The fourth-order valence-corrected chi connectivity index (χ4v) is 1.92. The molecule has 0 saturated heterocycles. The van der Waals surface area contributed by atoms with E-state index < -0.39 is 18.0 Å². The van der Waals surface area contributed by atoms with Crippen LogP contribution in [0.3, 0.4) is 0 Å². The quantitative estimate of drug-likeness (QED) is 0.627. The first-order chi connectivity index (χ1) is 10.2. The maximum absolute atomic E-state index is 13.0. The van der Waals surface area contributed by atoms with Crippen LogP contribution in [-0.4, -0.2) is 25.5 Å². The average molecular weight is 287 g/mol. The van der Waals surface area contributed by atoms with Crippen LogP contribution >= 0.6 is 0 Å². The highest BCUT2D eigenvalue weighted by atomic mass is 19.1. The van der Waals surface area contributed by atoms with Gasteiger partial charge in [0, 0.05) is 18.4 Å². The molecule has 1 amide bonds. The van der Waals surface area contributed by atoms with Crippen molar-refractivity contribution in [3.8, 4) is 0 Å². The largest absolute Gasteiger partial charge is 0.354 e. The van der Waals surface area contributed by atoms with E-state index in [0.717, 1.165) is 0 Å². The highest BCUT2D eigenvalue weighted by Crippen LogP contribution is 2.20. The summed E-state index contributed by atoms with van der Waals surface area (Å²) in [6, 6.07) is 13.8. The highest BCUT2D eigenvalue weighted by molar-refractivity contribution is 6.07. The normalized spacial score (nSPS) is 11.7. The van der Waals surface area contributed by atoms with E-state index >= 15 is 0 Å². The topological polar surface area (TPSA) is 46.6 Å². The maximum atomic E-state index is 13.0. The van der Waals surface area contributed by atoms with Crippen LogP contribution in [0.2, 0.25) is 0 Å². The van der Waals surface area contributed by atoms with Crippen molar-refractivity contribution in [3.63, 3.8) is 0 Å². The molecule has 2 aromatic rings. The fraction of sp³-hybridized carbons (Fsp3) is 0.125. The third-order valence-electron chi connectivity index (χ3n) is 2.96. The monoisotopic (exact) mass is 287 g/mol. The molecule has 0 heterocycles. The molecule has 4 nitrogen and oxygen atoms in total. The van der Waals surface area contributed by atoms with Crippen LogP contribution in [0.1, 0.15) is 10.4 Å². The van der Waals surface area contributed by atoms with Crippen LogP contribution in [-0.2, 0) is 9.53 Å². The van der Waals surface area contributed by atoms with Gasteiger partial charge in [-0.25, -0.2) is 4.39 Å². The van der Waals surface area contributed by atoms with Gasteiger partial charge in [-0.2, -0.15) is 0 Å². The van der Waals surface area contributed by atoms with Gasteiger partial charge in [0.2, 0.25) is 0 Å². The number of hydrogen-bond acceptors (Lipinski definition) is 3. The Morgan fingerprint density at radius 2 is 1.76 bits per heavy atom. The third-order valence-corrected chi connectivity index (χ3v) is 2.96. The van der Waals surface area contributed by atoms with Gasteiger partial charge in [0.15, 0.2) is 12.5 Å². The molecule has 0 aliphatic heterocycles. The number of nitrogens with zero attached hydrogens (tertiary/aromatic N) is 1. The molecule has 0 unspecified atom stereocenters. The SMILES string of the molecule is CO[C@@H](C=O)N(C(=O)c1ccccc1)c1ccc(F)cc1. The highest BCUT2D eigenvalue weighted by Gasteiger charge is 2.25. The Balaban J connectivity index is 2.43. The summed E-state index contributed by atoms with van der Waals surface area (Å²) in [4.78, 5) is 24.9. The number of methoxy groups -OCH3 is 1. The second-order valence-electron chi connectivity index (χ2n) is 4.28. The average Bonchev–Trinajstić information content (AvgIpc) is 2.54. The molecular weight excluding hydrogens is 273 g/mol. The number of carbonyl (C=O) groups is 2. The van der Waals surface area contributed by atoms with E-state index in [0.29, 0.717) is 17.5 Å². The number of benzene rings is 2. The Hall–Kier alpha value is -2.53. The third kappa shape index (κ3) is 3.32. The molecule has 0 saturated carbocycles. The Morgan fingerprint density at radius 1 is 1.14 bits per heavy atom. The summed E-state index contributed by atoms with van der Waals surface area (Å²) in [6.07, 6.45) is -0.562. The van der Waals surface area contributed by atoms with Gasteiger partial charge in [-0.1, -0.05) is 18.2 Å². The Kier molecular flexibility index (Phi) is 4.79. The van der Waals surface area contributed by atoms with Gasteiger partial charge in [0.05, 0.1) is 0 Å². The predicted molar refractivity (Wildman–Crippen MR) is 76.5 cm³/mol. The molecule has 0 aliphatic carbocycles. The number of anilines is 1. The zero-order valence-corrected chi connectivity index (χ0v) is 11.4. The van der Waals surface area contributed by atoms with Crippen LogP contribution in [0.5, 0.6) is 0 Å². The van der Waals surface area contributed by atoms with E-state index in [1.807, 2.05) is 0 Å². The minimum Gasteiger partial charge on any atom is -0.354 e. The number of carbonyl (C=O) groups excluding carboxylic acids is 2. The molecule has 5 heteroatoms. The zero-order chi connectivity index (χ0) is 15.2. The first-order valence-corrected chi connectivity index (χ1v) is 6.29. The number of halogens is 1.